The smallest absolute Gasteiger partial charge is 0.255 e. The summed E-state index contributed by atoms with van der Waals surface area (Å²) in [6.45, 7) is 8.25. The second kappa shape index (κ2) is 8.37. The first-order chi connectivity index (χ1) is 15.2. The summed E-state index contributed by atoms with van der Waals surface area (Å²) < 4.78 is 16.2. The van der Waals surface area contributed by atoms with Crippen molar-refractivity contribution in [3.63, 3.8) is 0 Å². The molecule has 0 aliphatic rings. The van der Waals surface area contributed by atoms with Crippen molar-refractivity contribution in [3.8, 4) is 0 Å². The number of anilines is 1. The first-order valence-electron chi connectivity index (χ1n) is 10.3. The van der Waals surface area contributed by atoms with Crippen LogP contribution in [0.25, 0.3) is 10.9 Å². The van der Waals surface area contributed by atoms with Gasteiger partial charge in [0.1, 0.15) is 17.2 Å². The number of hydrogen-bond acceptors (Lipinski definition) is 5. The van der Waals surface area contributed by atoms with E-state index in [2.05, 4.69) is 20.4 Å². The molecule has 0 radical (unpaired) electrons. The zero-order valence-corrected chi connectivity index (χ0v) is 18.5. The maximum Gasteiger partial charge on any atom is 0.255 e. The monoisotopic (exact) mass is 432 g/mol. The van der Waals surface area contributed by atoms with Crippen molar-refractivity contribution >= 4 is 22.6 Å². The molecule has 3 aromatic heterocycles. The summed E-state index contributed by atoms with van der Waals surface area (Å²) in [7, 11) is 0. The van der Waals surface area contributed by atoms with Crippen molar-refractivity contribution in [2.45, 2.75) is 40.8 Å². The number of hydrogen-bond donors (Lipinski definition) is 2. The standard InChI is InChI=1S/C24H25FN6O/c1-13-5-18-7-17(8-21(25)23(18)27-9-13)12-31-16(4)20(11-29-31)24(32)28-10-19-14(2)6-22(26)30-15(19)3/h5-9,11H,10,12H2,1-4H3,(H2,26,30)(H,28,32). The second-order valence-corrected chi connectivity index (χ2v) is 8.07. The first kappa shape index (κ1) is 21.4. The Labute approximate surface area is 185 Å². The number of nitrogen functional groups attached to an aromatic ring is 1. The highest BCUT2D eigenvalue weighted by atomic mass is 19.1. The SMILES string of the molecule is Cc1cnc2c(F)cc(Cn3ncc(C(=O)NCc4c(C)cc(N)nc4C)c3C)cc2c1. The van der Waals surface area contributed by atoms with Crippen LogP contribution in [0.4, 0.5) is 10.2 Å². The molecule has 3 heterocycles. The Morgan fingerprint density at radius 1 is 1.12 bits per heavy atom. The number of fused-ring (bicyclic) bond motifs is 1. The maximum atomic E-state index is 14.5. The summed E-state index contributed by atoms with van der Waals surface area (Å²) in [6, 6.07) is 7.06. The quantitative estimate of drug-likeness (QED) is 0.500. The maximum absolute atomic E-state index is 14.5. The van der Waals surface area contributed by atoms with Crippen molar-refractivity contribution in [1.29, 1.82) is 0 Å². The minimum absolute atomic E-state index is 0.228. The Morgan fingerprint density at radius 3 is 2.66 bits per heavy atom. The zero-order valence-electron chi connectivity index (χ0n) is 18.5. The van der Waals surface area contributed by atoms with E-state index in [0.29, 0.717) is 35.7 Å². The van der Waals surface area contributed by atoms with E-state index >= 15 is 0 Å². The number of carbonyl (C=O) groups is 1. The van der Waals surface area contributed by atoms with E-state index in [-0.39, 0.29) is 11.7 Å². The van der Waals surface area contributed by atoms with Crippen LogP contribution in [0, 0.1) is 33.5 Å². The van der Waals surface area contributed by atoms with Crippen molar-refractivity contribution in [2.24, 2.45) is 0 Å². The van der Waals surface area contributed by atoms with E-state index in [1.54, 1.807) is 16.9 Å². The molecule has 0 atom stereocenters. The molecule has 1 amide bonds. The number of carbonyl (C=O) groups excluding carboxylic acids is 1. The van der Waals surface area contributed by atoms with E-state index in [0.717, 1.165) is 33.3 Å². The molecular formula is C24H25FN6O. The molecule has 1 aromatic carbocycles. The fraction of sp³-hybridized carbons (Fsp3) is 0.250. The van der Waals surface area contributed by atoms with Gasteiger partial charge in [0.25, 0.3) is 5.91 Å². The summed E-state index contributed by atoms with van der Waals surface area (Å²) in [6.07, 6.45) is 3.19. The number of pyridine rings is 2. The Balaban J connectivity index is 1.52. The number of halogens is 1. The Kier molecular flexibility index (Phi) is 5.61. The Morgan fingerprint density at radius 2 is 1.91 bits per heavy atom. The summed E-state index contributed by atoms with van der Waals surface area (Å²) in [5.41, 5.74) is 11.7. The van der Waals surface area contributed by atoms with Gasteiger partial charge in [-0.3, -0.25) is 14.5 Å². The molecule has 8 heteroatoms. The average Bonchev–Trinajstić information content (AvgIpc) is 3.07. The van der Waals surface area contributed by atoms with Gasteiger partial charge < -0.3 is 11.1 Å². The minimum Gasteiger partial charge on any atom is -0.384 e. The van der Waals surface area contributed by atoms with Gasteiger partial charge in [-0.15, -0.1) is 0 Å². The molecule has 7 nitrogen and oxygen atoms in total. The number of amides is 1. The lowest BCUT2D eigenvalue weighted by Crippen LogP contribution is -2.24. The van der Waals surface area contributed by atoms with E-state index < -0.39 is 0 Å². The van der Waals surface area contributed by atoms with Gasteiger partial charge in [-0.2, -0.15) is 5.10 Å². The molecule has 0 spiro atoms. The van der Waals surface area contributed by atoms with E-state index in [9.17, 15) is 9.18 Å². The molecule has 0 saturated heterocycles. The van der Waals surface area contributed by atoms with Gasteiger partial charge in [-0.1, -0.05) is 0 Å². The Hall–Kier alpha value is -3.81. The highest BCUT2D eigenvalue weighted by Crippen LogP contribution is 2.21. The molecular weight excluding hydrogens is 407 g/mol. The molecule has 4 rings (SSSR count). The number of nitrogens with two attached hydrogens (primary N) is 1. The van der Waals surface area contributed by atoms with Crippen LogP contribution >= 0.6 is 0 Å². The zero-order chi connectivity index (χ0) is 23.0. The molecule has 0 bridgehead atoms. The van der Waals surface area contributed by atoms with Crippen LogP contribution in [0.15, 0.2) is 36.7 Å². The van der Waals surface area contributed by atoms with E-state index in [1.807, 2.05) is 39.8 Å². The fourth-order valence-corrected chi connectivity index (χ4v) is 3.89. The second-order valence-electron chi connectivity index (χ2n) is 8.07. The topological polar surface area (TPSA) is 98.7 Å². The number of aryl methyl sites for hydroxylation is 3. The first-order valence-corrected chi connectivity index (χ1v) is 10.3. The summed E-state index contributed by atoms with van der Waals surface area (Å²) in [4.78, 5) is 21.2. The molecule has 0 aliphatic carbocycles. The number of nitrogens with one attached hydrogen (secondary N) is 1. The summed E-state index contributed by atoms with van der Waals surface area (Å²) in [5, 5.41) is 8.02. The lowest BCUT2D eigenvalue weighted by atomic mass is 10.1. The van der Waals surface area contributed by atoms with Crippen LogP contribution in [-0.4, -0.2) is 25.7 Å². The lowest BCUT2D eigenvalue weighted by molar-refractivity contribution is 0.0950. The minimum atomic E-state index is -0.372. The third-order valence-corrected chi connectivity index (χ3v) is 5.61. The average molecular weight is 433 g/mol. The molecule has 4 aromatic rings. The fourth-order valence-electron chi connectivity index (χ4n) is 3.89. The molecule has 0 fully saturated rings. The van der Waals surface area contributed by atoms with Crippen LogP contribution in [0.3, 0.4) is 0 Å². The summed E-state index contributed by atoms with van der Waals surface area (Å²) in [5.74, 6) is -0.139. The van der Waals surface area contributed by atoms with Crippen LogP contribution < -0.4 is 11.1 Å². The van der Waals surface area contributed by atoms with Crippen molar-refractivity contribution in [3.05, 3.63) is 81.7 Å². The van der Waals surface area contributed by atoms with Crippen molar-refractivity contribution in [2.75, 3.05) is 5.73 Å². The highest BCUT2D eigenvalue weighted by molar-refractivity contribution is 5.95. The van der Waals surface area contributed by atoms with Crippen molar-refractivity contribution in [1.82, 2.24) is 25.1 Å². The van der Waals surface area contributed by atoms with Crippen LogP contribution in [0.1, 0.15) is 44.0 Å². The van der Waals surface area contributed by atoms with Gasteiger partial charge >= 0.3 is 0 Å². The predicted molar refractivity (Wildman–Crippen MR) is 122 cm³/mol. The predicted octanol–water partition coefficient (Wildman–Crippen LogP) is 3.76. The highest BCUT2D eigenvalue weighted by Gasteiger charge is 2.16. The third-order valence-electron chi connectivity index (χ3n) is 5.61. The normalized spacial score (nSPS) is 11.2. The molecule has 0 saturated carbocycles. The number of nitrogens with zero attached hydrogens (tertiary/aromatic N) is 4. The number of benzene rings is 1. The van der Waals surface area contributed by atoms with E-state index in [1.165, 1.54) is 12.3 Å². The van der Waals surface area contributed by atoms with Gasteiger partial charge in [0.15, 0.2) is 0 Å². The van der Waals surface area contributed by atoms with Crippen LogP contribution in [0.5, 0.6) is 0 Å². The van der Waals surface area contributed by atoms with Crippen molar-refractivity contribution < 1.29 is 9.18 Å². The van der Waals surface area contributed by atoms with Crippen LogP contribution in [-0.2, 0) is 13.1 Å². The summed E-state index contributed by atoms with van der Waals surface area (Å²) >= 11 is 0. The van der Waals surface area contributed by atoms with Gasteiger partial charge in [0.2, 0.25) is 0 Å². The lowest BCUT2D eigenvalue weighted by Gasteiger charge is -2.12. The van der Waals surface area contributed by atoms with Gasteiger partial charge in [0, 0.05) is 29.5 Å². The van der Waals surface area contributed by atoms with Gasteiger partial charge in [-0.25, -0.2) is 9.37 Å². The Bertz CT molecular complexity index is 1320. The van der Waals surface area contributed by atoms with Gasteiger partial charge in [0.05, 0.1) is 18.3 Å². The molecule has 164 valence electrons. The number of aromatic nitrogens is 4. The molecule has 3 N–H and O–H groups in total. The largest absolute Gasteiger partial charge is 0.384 e. The van der Waals surface area contributed by atoms with Gasteiger partial charge in [-0.05, 0) is 74.2 Å². The number of rotatable bonds is 5. The molecule has 32 heavy (non-hydrogen) atoms. The van der Waals surface area contributed by atoms with Crippen LogP contribution in [0.2, 0.25) is 0 Å². The third kappa shape index (κ3) is 4.16. The molecule has 0 aliphatic heterocycles. The molecule has 0 unspecified atom stereocenters. The van der Waals surface area contributed by atoms with E-state index in [4.69, 9.17) is 5.73 Å².